The van der Waals surface area contributed by atoms with Crippen LogP contribution in [0.5, 0.6) is 5.88 Å². The highest BCUT2D eigenvalue weighted by Gasteiger charge is 2.11. The van der Waals surface area contributed by atoms with Crippen molar-refractivity contribution in [3.8, 4) is 5.88 Å². The van der Waals surface area contributed by atoms with Crippen molar-refractivity contribution in [1.82, 2.24) is 4.98 Å². The van der Waals surface area contributed by atoms with Crippen LogP contribution in [0.15, 0.2) is 28.4 Å². The fraction of sp³-hybridized carbons (Fsp3) is 0.182. The van der Waals surface area contributed by atoms with Crippen LogP contribution in [-0.4, -0.2) is 22.8 Å². The van der Waals surface area contributed by atoms with E-state index in [-0.39, 0.29) is 18.2 Å². The summed E-state index contributed by atoms with van der Waals surface area (Å²) in [5, 5.41) is 16.9. The van der Waals surface area contributed by atoms with Gasteiger partial charge in [-0.2, -0.15) is 0 Å². The first kappa shape index (κ1) is 12.0. The van der Waals surface area contributed by atoms with Crippen molar-refractivity contribution < 1.29 is 19.0 Å². The molecule has 0 saturated heterocycles. The van der Waals surface area contributed by atoms with Crippen LogP contribution in [-0.2, 0) is 4.74 Å². The van der Waals surface area contributed by atoms with Crippen LogP contribution >= 0.6 is 0 Å². The topological polar surface area (TPSA) is 87.0 Å². The normalized spacial score (nSPS) is 11.2. The minimum atomic E-state index is -0.853. The molecule has 7 heteroatoms. The number of carbonyl (C=O) groups is 1. The van der Waals surface area contributed by atoms with E-state index in [0.717, 1.165) is 0 Å². The van der Waals surface area contributed by atoms with Gasteiger partial charge in [0.1, 0.15) is 5.82 Å². The first-order valence-electron chi connectivity index (χ1n) is 5.20. The Labute approximate surface area is 101 Å². The molecule has 0 unspecified atom stereocenters. The number of nitrogens with zero attached hydrogens (tertiary/aromatic N) is 2. The molecular formula is C11H10FN3O3. The molecule has 0 atom stereocenters. The maximum absolute atomic E-state index is 13.0. The molecule has 1 aromatic carbocycles. The summed E-state index contributed by atoms with van der Waals surface area (Å²) in [7, 11) is 0. The van der Waals surface area contributed by atoms with Gasteiger partial charge < -0.3 is 14.8 Å². The Morgan fingerprint density at radius 2 is 2.33 bits per heavy atom. The molecule has 1 heterocycles. The van der Waals surface area contributed by atoms with Gasteiger partial charge in [-0.3, -0.25) is 0 Å². The molecule has 0 fully saturated rings. The van der Waals surface area contributed by atoms with Gasteiger partial charge in [0.15, 0.2) is 5.69 Å². The molecule has 2 rings (SSSR count). The number of benzene rings is 1. The Hall–Kier alpha value is -2.44. The number of hydrogen-bond acceptors (Lipinski definition) is 4. The molecule has 0 aliphatic rings. The summed E-state index contributed by atoms with van der Waals surface area (Å²) < 4.78 is 17.5. The van der Waals surface area contributed by atoms with Gasteiger partial charge in [0, 0.05) is 5.39 Å². The molecular weight excluding hydrogens is 241 g/mol. The second kappa shape index (κ2) is 4.82. The lowest BCUT2D eigenvalue weighted by atomic mass is 10.2. The fourth-order valence-electron chi connectivity index (χ4n) is 1.49. The van der Waals surface area contributed by atoms with Gasteiger partial charge in [0.2, 0.25) is 5.88 Å². The summed E-state index contributed by atoms with van der Waals surface area (Å²) in [6.45, 7) is 1.82. The van der Waals surface area contributed by atoms with Gasteiger partial charge in [-0.05, 0) is 25.1 Å². The fourth-order valence-corrected chi connectivity index (χ4v) is 1.49. The Kier molecular flexibility index (Phi) is 3.22. The predicted octanol–water partition coefficient (Wildman–Crippen LogP) is 3.25. The van der Waals surface area contributed by atoms with Crippen molar-refractivity contribution >= 4 is 22.7 Å². The van der Waals surface area contributed by atoms with E-state index >= 15 is 0 Å². The third-order valence-corrected chi connectivity index (χ3v) is 2.21. The number of carbonyl (C=O) groups excluding carboxylic acids is 1. The number of amides is 1. The average molecular weight is 251 g/mol. The number of aromatic amines is 1. The monoisotopic (exact) mass is 251 g/mol. The van der Waals surface area contributed by atoms with Crippen LogP contribution < -0.4 is 0 Å². The van der Waals surface area contributed by atoms with E-state index in [4.69, 9.17) is 0 Å². The van der Waals surface area contributed by atoms with Crippen molar-refractivity contribution in [2.24, 2.45) is 10.2 Å². The van der Waals surface area contributed by atoms with E-state index in [1.807, 2.05) is 0 Å². The number of azo groups is 1. The lowest BCUT2D eigenvalue weighted by molar-refractivity contribution is 0.162. The number of fused-ring (bicyclic) bond motifs is 1. The van der Waals surface area contributed by atoms with Crippen LogP contribution in [0.2, 0.25) is 0 Å². The number of hydrogen-bond donors (Lipinski definition) is 2. The van der Waals surface area contributed by atoms with Gasteiger partial charge >= 0.3 is 6.09 Å². The minimum Gasteiger partial charge on any atom is -0.493 e. The largest absolute Gasteiger partial charge is 0.493 e. The molecule has 1 amide bonds. The summed E-state index contributed by atoms with van der Waals surface area (Å²) in [6, 6.07) is 3.86. The van der Waals surface area contributed by atoms with Crippen LogP contribution in [0, 0.1) is 5.82 Å². The summed E-state index contributed by atoms with van der Waals surface area (Å²) in [4.78, 5) is 13.5. The zero-order valence-corrected chi connectivity index (χ0v) is 9.48. The van der Waals surface area contributed by atoms with Crippen molar-refractivity contribution in [2.75, 3.05) is 6.61 Å². The smallest absolute Gasteiger partial charge is 0.452 e. The third-order valence-electron chi connectivity index (χ3n) is 2.21. The number of aromatic hydroxyl groups is 1. The predicted molar refractivity (Wildman–Crippen MR) is 61.5 cm³/mol. The molecule has 0 radical (unpaired) electrons. The van der Waals surface area contributed by atoms with Crippen molar-refractivity contribution in [1.29, 1.82) is 0 Å². The third kappa shape index (κ3) is 2.29. The van der Waals surface area contributed by atoms with Gasteiger partial charge in [-0.1, -0.05) is 5.11 Å². The molecule has 94 valence electrons. The Balaban J connectivity index is 2.39. The molecule has 0 aliphatic heterocycles. The van der Waals surface area contributed by atoms with Crippen LogP contribution in [0.25, 0.3) is 10.9 Å². The molecule has 0 bridgehead atoms. The second-order valence-corrected chi connectivity index (χ2v) is 3.41. The van der Waals surface area contributed by atoms with E-state index in [1.54, 1.807) is 6.92 Å². The number of rotatable bonds is 2. The van der Waals surface area contributed by atoms with Crippen LogP contribution in [0.1, 0.15) is 6.92 Å². The van der Waals surface area contributed by atoms with Crippen LogP contribution in [0.4, 0.5) is 14.9 Å². The van der Waals surface area contributed by atoms with Gasteiger partial charge in [0.05, 0.1) is 12.1 Å². The highest BCUT2D eigenvalue weighted by Crippen LogP contribution is 2.35. The van der Waals surface area contributed by atoms with Gasteiger partial charge in [0.25, 0.3) is 0 Å². The summed E-state index contributed by atoms with van der Waals surface area (Å²) >= 11 is 0. The number of nitrogens with one attached hydrogen (secondary N) is 1. The molecule has 2 N–H and O–H groups in total. The number of H-pyrrole nitrogens is 1. The zero-order valence-electron chi connectivity index (χ0n) is 9.48. The highest BCUT2D eigenvalue weighted by atomic mass is 19.1. The summed E-state index contributed by atoms with van der Waals surface area (Å²) in [6.07, 6.45) is -0.853. The SMILES string of the molecule is CCOC(=O)N=Nc1c(O)[nH]c2cc(F)ccc12. The lowest BCUT2D eigenvalue weighted by Gasteiger charge is -1.93. The van der Waals surface area contributed by atoms with E-state index in [0.29, 0.717) is 10.9 Å². The van der Waals surface area contributed by atoms with E-state index in [1.165, 1.54) is 18.2 Å². The van der Waals surface area contributed by atoms with Crippen molar-refractivity contribution in [2.45, 2.75) is 6.92 Å². The van der Waals surface area contributed by atoms with Gasteiger partial charge in [-0.15, -0.1) is 5.11 Å². The molecule has 2 aromatic rings. The Morgan fingerprint density at radius 1 is 1.56 bits per heavy atom. The van der Waals surface area contributed by atoms with Crippen molar-refractivity contribution in [3.63, 3.8) is 0 Å². The quantitative estimate of drug-likeness (QED) is 0.803. The first-order valence-corrected chi connectivity index (χ1v) is 5.20. The zero-order chi connectivity index (χ0) is 13.1. The molecule has 0 aliphatic carbocycles. The van der Waals surface area contributed by atoms with Crippen molar-refractivity contribution in [3.05, 3.63) is 24.0 Å². The minimum absolute atomic E-state index is 0.0676. The molecule has 18 heavy (non-hydrogen) atoms. The summed E-state index contributed by atoms with van der Waals surface area (Å²) in [5.41, 5.74) is 0.434. The average Bonchev–Trinajstić information content (AvgIpc) is 2.61. The summed E-state index contributed by atoms with van der Waals surface area (Å²) in [5.74, 6) is -0.735. The van der Waals surface area contributed by atoms with Crippen LogP contribution in [0.3, 0.4) is 0 Å². The second-order valence-electron chi connectivity index (χ2n) is 3.41. The van der Waals surface area contributed by atoms with E-state index in [2.05, 4.69) is 19.9 Å². The molecule has 6 nitrogen and oxygen atoms in total. The lowest BCUT2D eigenvalue weighted by Crippen LogP contribution is -1.95. The Morgan fingerprint density at radius 3 is 3.06 bits per heavy atom. The van der Waals surface area contributed by atoms with Gasteiger partial charge in [-0.25, -0.2) is 9.18 Å². The van der Waals surface area contributed by atoms with E-state index < -0.39 is 11.9 Å². The number of aromatic nitrogens is 1. The first-order chi connectivity index (χ1) is 8.61. The maximum atomic E-state index is 13.0. The number of ether oxygens (including phenoxy) is 1. The Bertz CT molecular complexity index is 621. The van der Waals surface area contributed by atoms with E-state index in [9.17, 15) is 14.3 Å². The maximum Gasteiger partial charge on any atom is 0.452 e. The standard InChI is InChI=1S/C11H10FN3O3/c1-2-18-11(17)15-14-9-7-4-3-6(12)5-8(7)13-10(9)16/h3-5,13,16H,2H2,1H3. The molecule has 0 saturated carbocycles. The highest BCUT2D eigenvalue weighted by molar-refractivity contribution is 5.94. The number of halogens is 1. The molecule has 0 spiro atoms. The molecule has 1 aromatic heterocycles.